The van der Waals surface area contributed by atoms with Crippen LogP contribution in [0.5, 0.6) is 11.5 Å². The van der Waals surface area contributed by atoms with E-state index in [-0.39, 0.29) is 11.8 Å². The highest BCUT2D eigenvalue weighted by atomic mass is 16.5. The summed E-state index contributed by atoms with van der Waals surface area (Å²) in [5.74, 6) is 1.74. The van der Waals surface area contributed by atoms with E-state index in [1.807, 2.05) is 12.4 Å². The Balaban J connectivity index is 1.43. The van der Waals surface area contributed by atoms with E-state index in [1.165, 1.54) is 5.56 Å². The Bertz CT molecular complexity index is 1050. The van der Waals surface area contributed by atoms with Gasteiger partial charge in [-0.3, -0.25) is 4.79 Å². The summed E-state index contributed by atoms with van der Waals surface area (Å²) in [6, 6.07) is 13.6. The Kier molecular flexibility index (Phi) is 6.54. The van der Waals surface area contributed by atoms with Crippen LogP contribution in [0.2, 0.25) is 0 Å². The normalized spacial score (nSPS) is 15.8. The SMILES string of the molecule is COc1cc(NC(=O)[C@@H]2CCCN(c3ncc(-c4ccc(C)cc4)cn3)C2)cc(OC)c1. The molecule has 7 heteroatoms. The standard InChI is InChI=1S/C25H28N4O3/c1-17-6-8-18(9-7-17)20-14-26-25(27-15-20)29-10-4-5-19(16-29)24(30)28-21-11-22(31-2)13-23(12-21)32-3/h6-9,11-15,19H,4-5,10,16H2,1-3H3,(H,28,30)/t19-/m1/s1. The molecule has 1 aliphatic rings. The summed E-state index contributed by atoms with van der Waals surface area (Å²) in [6.45, 7) is 3.48. The third-order valence-corrected chi connectivity index (χ3v) is 5.72. The molecule has 0 radical (unpaired) electrons. The molecule has 7 nitrogen and oxygen atoms in total. The molecule has 1 amide bonds. The third-order valence-electron chi connectivity index (χ3n) is 5.72. The average molecular weight is 433 g/mol. The molecule has 0 spiro atoms. The maximum atomic E-state index is 13.0. The fourth-order valence-electron chi connectivity index (χ4n) is 3.88. The van der Waals surface area contributed by atoms with Crippen LogP contribution in [0.25, 0.3) is 11.1 Å². The maximum absolute atomic E-state index is 13.0. The molecule has 2 heterocycles. The Morgan fingerprint density at radius 1 is 1.00 bits per heavy atom. The molecule has 0 unspecified atom stereocenters. The van der Waals surface area contributed by atoms with Gasteiger partial charge in [-0.05, 0) is 25.3 Å². The molecule has 166 valence electrons. The second kappa shape index (κ2) is 9.68. The molecule has 3 aromatic rings. The number of aryl methyl sites for hydroxylation is 1. The summed E-state index contributed by atoms with van der Waals surface area (Å²) in [6.07, 6.45) is 5.42. The summed E-state index contributed by atoms with van der Waals surface area (Å²) in [7, 11) is 3.17. The number of methoxy groups -OCH3 is 2. The summed E-state index contributed by atoms with van der Waals surface area (Å²) in [5.41, 5.74) is 3.94. The van der Waals surface area contributed by atoms with Crippen LogP contribution in [0.4, 0.5) is 11.6 Å². The van der Waals surface area contributed by atoms with Crippen molar-refractivity contribution in [3.8, 4) is 22.6 Å². The molecule has 1 N–H and O–H groups in total. The molecule has 1 atom stereocenters. The van der Waals surface area contributed by atoms with Gasteiger partial charge in [0.15, 0.2) is 0 Å². The summed E-state index contributed by atoms with van der Waals surface area (Å²) < 4.78 is 10.6. The number of hydrogen-bond donors (Lipinski definition) is 1. The van der Waals surface area contributed by atoms with E-state index in [0.29, 0.717) is 29.7 Å². The van der Waals surface area contributed by atoms with Gasteiger partial charge in [-0.25, -0.2) is 9.97 Å². The molecule has 1 aliphatic heterocycles. The zero-order valence-corrected chi connectivity index (χ0v) is 18.7. The number of piperidine rings is 1. The molecule has 0 saturated carbocycles. The maximum Gasteiger partial charge on any atom is 0.229 e. The van der Waals surface area contributed by atoms with Gasteiger partial charge < -0.3 is 19.7 Å². The van der Waals surface area contributed by atoms with Gasteiger partial charge in [0, 0.05) is 54.9 Å². The van der Waals surface area contributed by atoms with E-state index in [4.69, 9.17) is 9.47 Å². The Morgan fingerprint density at radius 3 is 2.28 bits per heavy atom. The number of anilines is 2. The summed E-state index contributed by atoms with van der Waals surface area (Å²) in [4.78, 5) is 24.2. The van der Waals surface area contributed by atoms with Crippen LogP contribution in [0.1, 0.15) is 18.4 Å². The highest BCUT2D eigenvalue weighted by molar-refractivity contribution is 5.93. The molecule has 0 bridgehead atoms. The van der Waals surface area contributed by atoms with E-state index in [9.17, 15) is 4.79 Å². The lowest BCUT2D eigenvalue weighted by molar-refractivity contribution is -0.120. The quantitative estimate of drug-likeness (QED) is 0.625. The fourth-order valence-corrected chi connectivity index (χ4v) is 3.88. The van der Waals surface area contributed by atoms with Crippen molar-refractivity contribution in [3.05, 3.63) is 60.4 Å². The van der Waals surface area contributed by atoms with Crippen molar-refractivity contribution in [2.75, 3.05) is 37.5 Å². The first kappa shape index (κ1) is 21.6. The van der Waals surface area contributed by atoms with Crippen LogP contribution in [-0.4, -0.2) is 43.2 Å². The largest absolute Gasteiger partial charge is 0.497 e. The predicted molar refractivity (Wildman–Crippen MR) is 125 cm³/mol. The van der Waals surface area contributed by atoms with Crippen LogP contribution in [0.3, 0.4) is 0 Å². The highest BCUT2D eigenvalue weighted by Gasteiger charge is 2.27. The van der Waals surface area contributed by atoms with Crippen LogP contribution in [0.15, 0.2) is 54.9 Å². The first-order valence-corrected chi connectivity index (χ1v) is 10.7. The number of amides is 1. The van der Waals surface area contributed by atoms with Gasteiger partial charge in [0.1, 0.15) is 11.5 Å². The van der Waals surface area contributed by atoms with Crippen LogP contribution in [-0.2, 0) is 4.79 Å². The molecule has 1 aromatic heterocycles. The van der Waals surface area contributed by atoms with Gasteiger partial charge in [-0.2, -0.15) is 0 Å². The Hall–Kier alpha value is -3.61. The second-order valence-corrected chi connectivity index (χ2v) is 8.01. The first-order valence-electron chi connectivity index (χ1n) is 10.7. The second-order valence-electron chi connectivity index (χ2n) is 8.01. The van der Waals surface area contributed by atoms with Gasteiger partial charge in [-0.1, -0.05) is 29.8 Å². The van der Waals surface area contributed by atoms with Gasteiger partial charge in [-0.15, -0.1) is 0 Å². The number of ether oxygens (including phenoxy) is 2. The molecule has 0 aliphatic carbocycles. The van der Waals surface area contributed by atoms with Gasteiger partial charge in [0.05, 0.1) is 20.1 Å². The molecular formula is C25H28N4O3. The minimum Gasteiger partial charge on any atom is -0.497 e. The van der Waals surface area contributed by atoms with Crippen LogP contribution in [0, 0.1) is 12.8 Å². The van der Waals surface area contributed by atoms with Crippen molar-refractivity contribution < 1.29 is 14.3 Å². The van der Waals surface area contributed by atoms with E-state index in [2.05, 4.69) is 51.4 Å². The predicted octanol–water partition coefficient (Wildman–Crippen LogP) is 4.32. The van der Waals surface area contributed by atoms with E-state index in [1.54, 1.807) is 32.4 Å². The molecule has 1 fully saturated rings. The van der Waals surface area contributed by atoms with E-state index in [0.717, 1.165) is 30.5 Å². The van der Waals surface area contributed by atoms with Crippen molar-refractivity contribution in [1.29, 1.82) is 0 Å². The monoisotopic (exact) mass is 432 g/mol. The number of nitrogens with zero attached hydrogens (tertiary/aromatic N) is 3. The van der Waals surface area contributed by atoms with Crippen molar-refractivity contribution in [2.45, 2.75) is 19.8 Å². The van der Waals surface area contributed by atoms with Crippen molar-refractivity contribution >= 4 is 17.5 Å². The molecule has 1 saturated heterocycles. The third kappa shape index (κ3) is 4.99. The number of hydrogen-bond acceptors (Lipinski definition) is 6. The van der Waals surface area contributed by atoms with Crippen molar-refractivity contribution in [1.82, 2.24) is 9.97 Å². The molecule has 2 aromatic carbocycles. The molecule has 32 heavy (non-hydrogen) atoms. The molecule has 4 rings (SSSR count). The molecular weight excluding hydrogens is 404 g/mol. The van der Waals surface area contributed by atoms with Gasteiger partial charge in [0.25, 0.3) is 0 Å². The van der Waals surface area contributed by atoms with Gasteiger partial charge in [0.2, 0.25) is 11.9 Å². The fraction of sp³-hybridized carbons (Fsp3) is 0.320. The number of aromatic nitrogens is 2. The van der Waals surface area contributed by atoms with Crippen LogP contribution >= 0.6 is 0 Å². The lowest BCUT2D eigenvalue weighted by Crippen LogP contribution is -2.41. The zero-order chi connectivity index (χ0) is 22.5. The van der Waals surface area contributed by atoms with Crippen molar-refractivity contribution in [3.63, 3.8) is 0 Å². The van der Waals surface area contributed by atoms with E-state index < -0.39 is 0 Å². The number of carbonyl (C=O) groups is 1. The summed E-state index contributed by atoms with van der Waals surface area (Å²) in [5, 5.41) is 3.00. The zero-order valence-electron chi connectivity index (χ0n) is 18.7. The lowest BCUT2D eigenvalue weighted by atomic mass is 9.97. The first-order chi connectivity index (χ1) is 15.6. The minimum absolute atomic E-state index is 0.0266. The van der Waals surface area contributed by atoms with Crippen LogP contribution < -0.4 is 19.7 Å². The smallest absolute Gasteiger partial charge is 0.229 e. The number of benzene rings is 2. The minimum atomic E-state index is -0.152. The number of rotatable bonds is 6. The Labute approximate surface area is 188 Å². The van der Waals surface area contributed by atoms with Crippen molar-refractivity contribution in [2.24, 2.45) is 5.92 Å². The average Bonchev–Trinajstić information content (AvgIpc) is 2.84. The topological polar surface area (TPSA) is 76.6 Å². The highest BCUT2D eigenvalue weighted by Crippen LogP contribution is 2.28. The number of carbonyl (C=O) groups excluding carboxylic acids is 1. The number of nitrogens with one attached hydrogen (secondary N) is 1. The lowest BCUT2D eigenvalue weighted by Gasteiger charge is -2.32. The van der Waals surface area contributed by atoms with E-state index >= 15 is 0 Å². The summed E-state index contributed by atoms with van der Waals surface area (Å²) >= 11 is 0. The van der Waals surface area contributed by atoms with Gasteiger partial charge >= 0.3 is 0 Å². The Morgan fingerprint density at radius 2 is 1.66 bits per heavy atom.